The highest BCUT2D eigenvalue weighted by molar-refractivity contribution is 9.09. The van der Waals surface area contributed by atoms with Crippen LogP contribution in [0.15, 0.2) is 6.07 Å². The number of benzene rings is 1. The van der Waals surface area contributed by atoms with Crippen LogP contribution in [-0.2, 0) is 15.6 Å². The van der Waals surface area contributed by atoms with E-state index in [0.29, 0.717) is 0 Å². The highest BCUT2D eigenvalue weighted by atomic mass is 79.9. The number of nitrogens with one attached hydrogen (secondary N) is 1. The lowest BCUT2D eigenvalue weighted by Gasteiger charge is -2.24. The predicted octanol–water partition coefficient (Wildman–Crippen LogP) is 4.05. The van der Waals surface area contributed by atoms with Gasteiger partial charge in [-0.25, -0.2) is 0 Å². The van der Waals surface area contributed by atoms with E-state index in [1.165, 1.54) is 11.1 Å². The van der Waals surface area contributed by atoms with E-state index in [2.05, 4.69) is 55.0 Å². The highest BCUT2D eigenvalue weighted by Gasteiger charge is 2.51. The van der Waals surface area contributed by atoms with Crippen LogP contribution in [0.2, 0.25) is 0 Å². The summed E-state index contributed by atoms with van der Waals surface area (Å²) in [6.07, 6.45) is 1.55. The molecule has 0 aliphatic carbocycles. The van der Waals surface area contributed by atoms with Gasteiger partial charge in [0.1, 0.15) is 5.75 Å². The van der Waals surface area contributed by atoms with Gasteiger partial charge in [-0.05, 0) is 31.4 Å². The second-order valence-electron chi connectivity index (χ2n) is 6.82. The summed E-state index contributed by atoms with van der Waals surface area (Å²) in [7, 11) is 0. The molecule has 2 aliphatic rings. The van der Waals surface area contributed by atoms with Gasteiger partial charge in [0.2, 0.25) is 0 Å². The van der Waals surface area contributed by atoms with Crippen molar-refractivity contribution in [1.82, 2.24) is 0 Å². The van der Waals surface area contributed by atoms with E-state index < -0.39 is 5.41 Å². The summed E-state index contributed by atoms with van der Waals surface area (Å²) >= 11 is 3.50. The fraction of sp³-hybridized carbons (Fsp3) is 0.588. The van der Waals surface area contributed by atoms with E-state index in [9.17, 15) is 4.79 Å². The molecule has 1 aromatic carbocycles. The summed E-state index contributed by atoms with van der Waals surface area (Å²) < 4.78 is 5.80. The molecule has 3 rings (SSSR count). The Kier molecular flexibility index (Phi) is 3.36. The molecule has 2 heterocycles. The molecule has 4 heteroatoms. The van der Waals surface area contributed by atoms with Gasteiger partial charge in [-0.2, -0.15) is 0 Å². The molecule has 1 unspecified atom stereocenters. The minimum atomic E-state index is -0.489. The third-order valence-corrected chi connectivity index (χ3v) is 5.48. The first-order valence-corrected chi connectivity index (χ1v) is 8.70. The lowest BCUT2D eigenvalue weighted by atomic mass is 9.74. The SMILES string of the molecule is CCC1(CCBr)C(=O)Oc2c1cc(C)c1c2C(C)(C)CN1. The minimum absolute atomic E-state index is 0.00998. The second-order valence-corrected chi connectivity index (χ2v) is 7.61. The van der Waals surface area contributed by atoms with Gasteiger partial charge in [0.25, 0.3) is 0 Å². The molecule has 0 fully saturated rings. The molecule has 0 saturated carbocycles. The quantitative estimate of drug-likeness (QED) is 0.507. The van der Waals surface area contributed by atoms with Crippen LogP contribution >= 0.6 is 15.9 Å². The van der Waals surface area contributed by atoms with E-state index in [1.807, 2.05) is 0 Å². The molecule has 3 nitrogen and oxygen atoms in total. The molecule has 21 heavy (non-hydrogen) atoms. The number of carbonyl (C=O) groups is 1. The van der Waals surface area contributed by atoms with E-state index >= 15 is 0 Å². The molecule has 0 spiro atoms. The Morgan fingerprint density at radius 2 is 2.14 bits per heavy atom. The number of esters is 1. The fourth-order valence-electron chi connectivity index (χ4n) is 3.74. The highest BCUT2D eigenvalue weighted by Crippen LogP contribution is 2.54. The topological polar surface area (TPSA) is 38.3 Å². The van der Waals surface area contributed by atoms with Crippen molar-refractivity contribution in [2.45, 2.75) is 51.4 Å². The van der Waals surface area contributed by atoms with Crippen molar-refractivity contribution >= 4 is 27.6 Å². The van der Waals surface area contributed by atoms with Crippen molar-refractivity contribution in [3.63, 3.8) is 0 Å². The van der Waals surface area contributed by atoms with Crippen LogP contribution in [0.3, 0.4) is 0 Å². The van der Waals surface area contributed by atoms with Crippen LogP contribution in [0.5, 0.6) is 5.75 Å². The van der Waals surface area contributed by atoms with Crippen LogP contribution in [0.4, 0.5) is 5.69 Å². The number of halogens is 1. The van der Waals surface area contributed by atoms with Crippen LogP contribution in [0, 0.1) is 6.92 Å². The number of carbonyl (C=O) groups excluding carboxylic acids is 1. The number of fused-ring (bicyclic) bond motifs is 3. The van der Waals surface area contributed by atoms with Crippen LogP contribution < -0.4 is 10.1 Å². The molecular weight excluding hydrogens is 330 g/mol. The van der Waals surface area contributed by atoms with E-state index in [4.69, 9.17) is 4.74 Å². The number of aryl methyl sites for hydroxylation is 1. The Morgan fingerprint density at radius 1 is 1.43 bits per heavy atom. The molecule has 1 aromatic rings. The predicted molar refractivity (Wildman–Crippen MR) is 88.7 cm³/mol. The first-order chi connectivity index (χ1) is 9.87. The van der Waals surface area contributed by atoms with Gasteiger partial charge < -0.3 is 10.1 Å². The zero-order chi connectivity index (χ0) is 15.4. The number of ether oxygens (including phenoxy) is 1. The zero-order valence-corrected chi connectivity index (χ0v) is 14.7. The normalized spacial score (nSPS) is 25.3. The molecule has 1 N–H and O–H groups in total. The van der Waals surface area contributed by atoms with E-state index in [0.717, 1.165) is 41.7 Å². The van der Waals surface area contributed by atoms with Gasteiger partial charge in [-0.1, -0.05) is 36.7 Å². The summed E-state index contributed by atoms with van der Waals surface area (Å²) in [5, 5.41) is 4.28. The Hall–Kier alpha value is -1.03. The van der Waals surface area contributed by atoms with Gasteiger partial charge in [-0.15, -0.1) is 0 Å². The first-order valence-electron chi connectivity index (χ1n) is 7.58. The summed E-state index contributed by atoms with van der Waals surface area (Å²) in [5.74, 6) is 0.730. The molecule has 114 valence electrons. The fourth-order valence-corrected chi connectivity index (χ4v) is 4.42. The summed E-state index contributed by atoms with van der Waals surface area (Å²) in [4.78, 5) is 12.6. The second kappa shape index (κ2) is 4.73. The van der Waals surface area contributed by atoms with Crippen LogP contribution in [0.1, 0.15) is 50.3 Å². The number of alkyl halides is 1. The van der Waals surface area contributed by atoms with Crippen molar-refractivity contribution in [3.8, 4) is 5.75 Å². The number of anilines is 1. The number of hydrogen-bond acceptors (Lipinski definition) is 3. The molecule has 0 radical (unpaired) electrons. The van der Waals surface area contributed by atoms with Gasteiger partial charge in [0.15, 0.2) is 0 Å². The maximum atomic E-state index is 12.6. The van der Waals surface area contributed by atoms with Crippen molar-refractivity contribution in [2.75, 3.05) is 17.2 Å². The number of hydrogen-bond donors (Lipinski definition) is 1. The Bertz CT molecular complexity index is 624. The standard InChI is InChI=1S/C17H22BrNO2/c1-5-17(6-7-18)11-8-10(2)13-12(14(11)21-15(17)20)16(3,4)9-19-13/h8,19H,5-7,9H2,1-4H3. The molecule has 1 atom stereocenters. The summed E-state index contributed by atoms with van der Waals surface area (Å²) in [5.41, 5.74) is 4.12. The smallest absolute Gasteiger partial charge is 0.322 e. The first kappa shape index (κ1) is 14.9. The molecule has 0 saturated heterocycles. The van der Waals surface area contributed by atoms with Gasteiger partial charge in [-0.3, -0.25) is 4.79 Å². The van der Waals surface area contributed by atoms with Crippen LogP contribution in [0.25, 0.3) is 0 Å². The van der Waals surface area contributed by atoms with Gasteiger partial charge in [0, 0.05) is 34.1 Å². The average molecular weight is 352 g/mol. The molecule has 0 amide bonds. The van der Waals surface area contributed by atoms with Crippen molar-refractivity contribution < 1.29 is 9.53 Å². The third-order valence-electron chi connectivity index (χ3n) is 5.09. The summed E-state index contributed by atoms with van der Waals surface area (Å²) in [6, 6.07) is 2.15. The number of rotatable bonds is 3. The average Bonchev–Trinajstić information content (AvgIpc) is 2.88. The zero-order valence-electron chi connectivity index (χ0n) is 13.1. The Labute approximate surface area is 134 Å². The largest absolute Gasteiger partial charge is 0.425 e. The Balaban J connectivity index is 2.28. The van der Waals surface area contributed by atoms with E-state index in [1.54, 1.807) is 0 Å². The molecular formula is C17H22BrNO2. The van der Waals surface area contributed by atoms with Crippen LogP contribution in [-0.4, -0.2) is 17.8 Å². The third kappa shape index (κ3) is 1.88. The lowest BCUT2D eigenvalue weighted by Crippen LogP contribution is -2.33. The maximum Gasteiger partial charge on any atom is 0.322 e. The van der Waals surface area contributed by atoms with Crippen molar-refractivity contribution in [2.24, 2.45) is 0 Å². The monoisotopic (exact) mass is 351 g/mol. The van der Waals surface area contributed by atoms with Gasteiger partial charge in [0.05, 0.1) is 5.41 Å². The molecule has 0 bridgehead atoms. The maximum absolute atomic E-state index is 12.6. The summed E-state index contributed by atoms with van der Waals surface area (Å²) in [6.45, 7) is 9.48. The molecule has 2 aliphatic heterocycles. The Morgan fingerprint density at radius 3 is 2.76 bits per heavy atom. The molecule has 0 aromatic heterocycles. The lowest BCUT2D eigenvalue weighted by molar-refractivity contribution is -0.138. The minimum Gasteiger partial charge on any atom is -0.425 e. The van der Waals surface area contributed by atoms with Gasteiger partial charge >= 0.3 is 5.97 Å². The van der Waals surface area contributed by atoms with E-state index in [-0.39, 0.29) is 11.4 Å². The van der Waals surface area contributed by atoms with Crippen molar-refractivity contribution in [3.05, 3.63) is 22.8 Å². The van der Waals surface area contributed by atoms with Crippen molar-refractivity contribution in [1.29, 1.82) is 0 Å².